The summed E-state index contributed by atoms with van der Waals surface area (Å²) in [7, 11) is 1.28. The lowest BCUT2D eigenvalue weighted by Gasteiger charge is -2.12. The van der Waals surface area contributed by atoms with Crippen molar-refractivity contribution >= 4 is 5.97 Å². The van der Waals surface area contributed by atoms with Crippen LogP contribution in [0.1, 0.15) is 19.8 Å². The Balaban J connectivity index is 3.67. The molecule has 0 saturated heterocycles. The normalized spacial score (nSPS) is 15.6. The van der Waals surface area contributed by atoms with Crippen LogP contribution in [0.5, 0.6) is 0 Å². The first-order chi connectivity index (χ1) is 5.11. The van der Waals surface area contributed by atoms with E-state index < -0.39 is 18.1 Å². The summed E-state index contributed by atoms with van der Waals surface area (Å²) in [6.45, 7) is 1.83. The lowest BCUT2D eigenvalue weighted by molar-refractivity contribution is -0.142. The fourth-order valence-corrected chi connectivity index (χ4v) is 0.707. The zero-order chi connectivity index (χ0) is 8.85. The van der Waals surface area contributed by atoms with Crippen molar-refractivity contribution in [1.82, 2.24) is 0 Å². The number of aliphatic hydroxyl groups is 1. The Morgan fingerprint density at radius 1 is 1.73 bits per heavy atom. The zero-order valence-corrected chi connectivity index (χ0v) is 6.91. The molecule has 3 N–H and O–H groups in total. The molecule has 4 heteroatoms. The van der Waals surface area contributed by atoms with Gasteiger partial charge in [-0.05, 0) is 12.8 Å². The SMILES string of the molecule is CCC(O)CC(N)C(=O)OC. The number of carbonyl (C=O) groups excluding carboxylic acids is 1. The van der Waals surface area contributed by atoms with E-state index in [0.717, 1.165) is 0 Å². The maximum Gasteiger partial charge on any atom is 0.322 e. The molecule has 11 heavy (non-hydrogen) atoms. The van der Waals surface area contributed by atoms with Crippen molar-refractivity contribution in [2.75, 3.05) is 7.11 Å². The van der Waals surface area contributed by atoms with Gasteiger partial charge in [0.15, 0.2) is 0 Å². The van der Waals surface area contributed by atoms with Gasteiger partial charge >= 0.3 is 5.97 Å². The van der Waals surface area contributed by atoms with E-state index in [9.17, 15) is 4.79 Å². The highest BCUT2D eigenvalue weighted by Crippen LogP contribution is 2.00. The van der Waals surface area contributed by atoms with Gasteiger partial charge in [0.2, 0.25) is 0 Å². The average Bonchev–Trinajstić information content (AvgIpc) is 2.02. The molecule has 2 unspecified atom stereocenters. The highest BCUT2D eigenvalue weighted by molar-refractivity contribution is 5.75. The maximum absolute atomic E-state index is 10.7. The van der Waals surface area contributed by atoms with Crippen LogP contribution in [-0.4, -0.2) is 30.3 Å². The quantitative estimate of drug-likeness (QED) is 0.553. The fourth-order valence-electron chi connectivity index (χ4n) is 0.707. The van der Waals surface area contributed by atoms with E-state index in [-0.39, 0.29) is 6.42 Å². The molecule has 0 spiro atoms. The number of ether oxygens (including phenoxy) is 1. The van der Waals surface area contributed by atoms with Crippen LogP contribution in [0, 0.1) is 0 Å². The largest absolute Gasteiger partial charge is 0.468 e. The van der Waals surface area contributed by atoms with Crippen molar-refractivity contribution in [1.29, 1.82) is 0 Å². The zero-order valence-electron chi connectivity index (χ0n) is 6.91. The summed E-state index contributed by atoms with van der Waals surface area (Å²) in [5.74, 6) is -0.475. The van der Waals surface area contributed by atoms with Crippen molar-refractivity contribution in [3.63, 3.8) is 0 Å². The molecule has 0 radical (unpaired) electrons. The van der Waals surface area contributed by atoms with Gasteiger partial charge in [-0.3, -0.25) is 4.79 Å². The third-order valence-electron chi connectivity index (χ3n) is 1.50. The van der Waals surface area contributed by atoms with Crippen LogP contribution >= 0.6 is 0 Å². The first-order valence-corrected chi connectivity index (χ1v) is 3.63. The molecular weight excluding hydrogens is 146 g/mol. The van der Waals surface area contributed by atoms with Gasteiger partial charge in [-0.25, -0.2) is 0 Å². The molecule has 4 nitrogen and oxygen atoms in total. The minimum atomic E-state index is -0.699. The first-order valence-electron chi connectivity index (χ1n) is 3.63. The Hall–Kier alpha value is -0.610. The van der Waals surface area contributed by atoms with E-state index in [2.05, 4.69) is 4.74 Å². The summed E-state index contributed by atoms with van der Waals surface area (Å²) in [6, 6.07) is -0.699. The molecule has 0 amide bonds. The molecule has 0 aliphatic rings. The van der Waals surface area contributed by atoms with Crippen LogP contribution in [0.4, 0.5) is 0 Å². The molecule has 66 valence electrons. The highest BCUT2D eigenvalue weighted by Gasteiger charge is 2.16. The number of hydrogen-bond acceptors (Lipinski definition) is 4. The van der Waals surface area contributed by atoms with E-state index in [1.54, 1.807) is 0 Å². The molecule has 0 fully saturated rings. The van der Waals surface area contributed by atoms with Crippen LogP contribution in [-0.2, 0) is 9.53 Å². The molecule has 0 aromatic heterocycles. The molecule has 0 saturated carbocycles. The van der Waals surface area contributed by atoms with E-state index in [1.807, 2.05) is 6.92 Å². The van der Waals surface area contributed by atoms with E-state index >= 15 is 0 Å². The summed E-state index contributed by atoms with van der Waals surface area (Å²) in [6.07, 6.45) is 0.359. The molecule has 0 heterocycles. The summed E-state index contributed by atoms with van der Waals surface area (Å²) in [4.78, 5) is 10.7. The van der Waals surface area contributed by atoms with Gasteiger partial charge in [-0.15, -0.1) is 0 Å². The summed E-state index contributed by atoms with van der Waals surface area (Å²) < 4.78 is 4.38. The number of carbonyl (C=O) groups is 1. The molecule has 2 atom stereocenters. The molecular formula is C7H15NO3. The van der Waals surface area contributed by atoms with Crippen molar-refractivity contribution in [2.45, 2.75) is 31.9 Å². The monoisotopic (exact) mass is 161 g/mol. The average molecular weight is 161 g/mol. The van der Waals surface area contributed by atoms with Crippen molar-refractivity contribution < 1.29 is 14.6 Å². The van der Waals surface area contributed by atoms with Crippen LogP contribution in [0.25, 0.3) is 0 Å². The van der Waals surface area contributed by atoms with Crippen LogP contribution in [0.15, 0.2) is 0 Å². The van der Waals surface area contributed by atoms with E-state index in [0.29, 0.717) is 6.42 Å². The molecule has 0 bridgehead atoms. The van der Waals surface area contributed by atoms with Gasteiger partial charge in [0.25, 0.3) is 0 Å². The predicted molar refractivity (Wildman–Crippen MR) is 40.9 cm³/mol. The Morgan fingerprint density at radius 2 is 2.27 bits per heavy atom. The van der Waals surface area contributed by atoms with E-state index in [1.165, 1.54) is 7.11 Å². The second-order valence-electron chi connectivity index (χ2n) is 2.43. The Labute approximate surface area is 66.3 Å². The molecule has 0 aromatic rings. The Bertz CT molecular complexity index is 127. The maximum atomic E-state index is 10.7. The van der Waals surface area contributed by atoms with Crippen LogP contribution in [0.2, 0.25) is 0 Å². The number of methoxy groups -OCH3 is 1. The third-order valence-corrected chi connectivity index (χ3v) is 1.50. The first kappa shape index (κ1) is 10.4. The highest BCUT2D eigenvalue weighted by atomic mass is 16.5. The number of aliphatic hydroxyl groups excluding tert-OH is 1. The summed E-state index contributed by atoms with van der Waals surface area (Å²) >= 11 is 0. The lowest BCUT2D eigenvalue weighted by atomic mass is 10.1. The van der Waals surface area contributed by atoms with Crippen LogP contribution in [0.3, 0.4) is 0 Å². The summed E-state index contributed by atoms with van der Waals surface area (Å²) in [5, 5.41) is 9.08. The Morgan fingerprint density at radius 3 is 2.64 bits per heavy atom. The minimum absolute atomic E-state index is 0.267. The third kappa shape index (κ3) is 3.95. The predicted octanol–water partition coefficient (Wildman–Crippen LogP) is -0.352. The number of rotatable bonds is 4. The minimum Gasteiger partial charge on any atom is -0.468 e. The standard InChI is InChI=1S/C7H15NO3/c1-3-5(9)4-6(8)7(10)11-2/h5-6,9H,3-4,8H2,1-2H3. The van der Waals surface area contributed by atoms with Gasteiger partial charge < -0.3 is 15.6 Å². The fraction of sp³-hybridized carbons (Fsp3) is 0.857. The molecule has 0 rings (SSSR count). The van der Waals surface area contributed by atoms with Crippen molar-refractivity contribution in [3.05, 3.63) is 0 Å². The lowest BCUT2D eigenvalue weighted by Crippen LogP contribution is -2.34. The van der Waals surface area contributed by atoms with E-state index in [4.69, 9.17) is 10.8 Å². The molecule has 0 aliphatic carbocycles. The second-order valence-corrected chi connectivity index (χ2v) is 2.43. The molecule has 0 aromatic carbocycles. The van der Waals surface area contributed by atoms with Gasteiger partial charge in [0, 0.05) is 0 Å². The van der Waals surface area contributed by atoms with Crippen molar-refractivity contribution in [2.24, 2.45) is 5.73 Å². The smallest absolute Gasteiger partial charge is 0.322 e. The van der Waals surface area contributed by atoms with Crippen LogP contribution < -0.4 is 5.73 Å². The second kappa shape index (κ2) is 5.09. The number of esters is 1. The Kier molecular flexibility index (Phi) is 4.81. The number of hydrogen-bond donors (Lipinski definition) is 2. The van der Waals surface area contributed by atoms with Gasteiger partial charge in [-0.2, -0.15) is 0 Å². The topological polar surface area (TPSA) is 72.5 Å². The van der Waals surface area contributed by atoms with Crippen molar-refractivity contribution in [3.8, 4) is 0 Å². The van der Waals surface area contributed by atoms with Gasteiger partial charge in [0.05, 0.1) is 13.2 Å². The molecule has 0 aliphatic heterocycles. The number of nitrogens with two attached hydrogens (primary N) is 1. The van der Waals surface area contributed by atoms with Gasteiger partial charge in [0.1, 0.15) is 6.04 Å². The summed E-state index contributed by atoms with van der Waals surface area (Å²) in [5.41, 5.74) is 5.37. The van der Waals surface area contributed by atoms with Gasteiger partial charge in [-0.1, -0.05) is 6.92 Å².